The third-order valence-electron chi connectivity index (χ3n) is 10.2. The number of aromatic nitrogens is 6. The summed E-state index contributed by atoms with van der Waals surface area (Å²) in [5.74, 6) is 2.05. The molecule has 7 rings (SSSR count). The molecule has 15 heteroatoms. The van der Waals surface area contributed by atoms with Gasteiger partial charge in [0.05, 0.1) is 49.0 Å². The van der Waals surface area contributed by atoms with Gasteiger partial charge in [0.25, 0.3) is 0 Å². The molecule has 1 amide bonds. The zero-order chi connectivity index (χ0) is 36.1. The van der Waals surface area contributed by atoms with E-state index >= 15 is 0 Å². The van der Waals surface area contributed by atoms with Gasteiger partial charge in [0, 0.05) is 67.0 Å². The minimum atomic E-state index is -0.205. The van der Waals surface area contributed by atoms with E-state index in [-0.39, 0.29) is 30.2 Å². The summed E-state index contributed by atoms with van der Waals surface area (Å²) in [6, 6.07) is 4.47. The Hall–Kier alpha value is -3.37. The summed E-state index contributed by atoms with van der Waals surface area (Å²) in [6.45, 7) is 5.96. The average Bonchev–Trinajstić information content (AvgIpc) is 3.80. The highest BCUT2D eigenvalue weighted by molar-refractivity contribution is 9.10. The molecule has 2 atom stereocenters. The summed E-state index contributed by atoms with van der Waals surface area (Å²) in [5.41, 5.74) is 5.02. The molecule has 0 aromatic carbocycles. The van der Waals surface area contributed by atoms with Gasteiger partial charge in [0.2, 0.25) is 17.8 Å². The molecule has 0 spiro atoms. The third-order valence-corrected chi connectivity index (χ3v) is 10.8. The van der Waals surface area contributed by atoms with Crippen LogP contribution in [0.15, 0.2) is 29.0 Å². The SMILES string of the molecule is COC[C@H](C)Nc1ncc2c(Br)cc(C3CCC(O)CC3)n2n1.COC[C@H](C)Nc1ncc2c(N3CCCC3=O)cc(C3CCC(O)CC3)n2n1. The number of amides is 1. The van der Waals surface area contributed by atoms with Crippen LogP contribution < -0.4 is 15.5 Å². The molecule has 1 aliphatic heterocycles. The fourth-order valence-corrected chi connectivity index (χ4v) is 8.08. The molecule has 2 aliphatic carbocycles. The van der Waals surface area contributed by atoms with E-state index in [0.717, 1.165) is 91.2 Å². The molecule has 4 aromatic heterocycles. The van der Waals surface area contributed by atoms with E-state index in [1.165, 1.54) is 5.69 Å². The maximum absolute atomic E-state index is 12.3. The molecule has 0 radical (unpaired) electrons. The summed E-state index contributed by atoms with van der Waals surface area (Å²) in [5, 5.41) is 35.5. The third kappa shape index (κ3) is 8.82. The van der Waals surface area contributed by atoms with Crippen LogP contribution in [0.25, 0.3) is 11.0 Å². The van der Waals surface area contributed by atoms with Crippen LogP contribution in [-0.2, 0) is 14.3 Å². The Bertz CT molecular complexity index is 1770. The molecule has 4 aromatic rings. The number of halogens is 1. The lowest BCUT2D eigenvalue weighted by Crippen LogP contribution is -2.24. The Kier molecular flexibility index (Phi) is 12.4. The first-order valence-electron chi connectivity index (χ1n) is 18.2. The van der Waals surface area contributed by atoms with Crippen LogP contribution in [0.5, 0.6) is 0 Å². The van der Waals surface area contributed by atoms with Gasteiger partial charge in [-0.1, -0.05) is 0 Å². The predicted molar refractivity (Wildman–Crippen MR) is 200 cm³/mol. The van der Waals surface area contributed by atoms with Gasteiger partial charge in [-0.2, -0.15) is 0 Å². The summed E-state index contributed by atoms with van der Waals surface area (Å²) < 4.78 is 15.2. The molecule has 3 fully saturated rings. The molecule has 2 saturated carbocycles. The highest BCUT2D eigenvalue weighted by Crippen LogP contribution is 2.39. The van der Waals surface area contributed by atoms with E-state index < -0.39 is 0 Å². The first-order valence-corrected chi connectivity index (χ1v) is 19.0. The fraction of sp³-hybridized carbons (Fsp3) is 0.639. The Morgan fingerprint density at radius 3 is 1.78 bits per heavy atom. The van der Waals surface area contributed by atoms with Crippen molar-refractivity contribution in [3.8, 4) is 0 Å². The van der Waals surface area contributed by atoms with Crippen molar-refractivity contribution >= 4 is 50.5 Å². The van der Waals surface area contributed by atoms with Crippen LogP contribution >= 0.6 is 15.9 Å². The molecule has 0 unspecified atom stereocenters. The van der Waals surface area contributed by atoms with Gasteiger partial charge in [-0.05, 0) is 99.7 Å². The van der Waals surface area contributed by atoms with Gasteiger partial charge in [-0.25, -0.2) is 19.0 Å². The maximum atomic E-state index is 12.3. The minimum Gasteiger partial charge on any atom is -0.393 e. The number of hydrogen-bond acceptors (Lipinski definition) is 11. The average molecular weight is 771 g/mol. The number of methoxy groups -OCH3 is 2. The number of aliphatic hydroxyl groups is 2. The molecule has 3 aliphatic rings. The zero-order valence-corrected chi connectivity index (χ0v) is 31.7. The molecule has 278 valence electrons. The van der Waals surface area contributed by atoms with E-state index in [9.17, 15) is 15.0 Å². The number of anilines is 3. The predicted octanol–water partition coefficient (Wildman–Crippen LogP) is 5.28. The molecule has 1 saturated heterocycles. The second-order valence-corrected chi connectivity index (χ2v) is 15.1. The van der Waals surface area contributed by atoms with Crippen molar-refractivity contribution in [2.45, 2.75) is 114 Å². The normalized spacial score (nSPS) is 23.7. The number of ether oxygens (including phenoxy) is 2. The fourth-order valence-electron chi connectivity index (χ4n) is 7.57. The van der Waals surface area contributed by atoms with E-state index in [4.69, 9.17) is 14.6 Å². The van der Waals surface area contributed by atoms with Crippen molar-refractivity contribution in [2.75, 3.05) is 49.5 Å². The van der Waals surface area contributed by atoms with E-state index in [2.05, 4.69) is 53.8 Å². The van der Waals surface area contributed by atoms with Crippen molar-refractivity contribution in [1.29, 1.82) is 0 Å². The van der Waals surface area contributed by atoms with Crippen molar-refractivity contribution in [2.24, 2.45) is 0 Å². The van der Waals surface area contributed by atoms with E-state index in [1.807, 2.05) is 34.0 Å². The van der Waals surface area contributed by atoms with Gasteiger partial charge < -0.3 is 35.2 Å². The Morgan fingerprint density at radius 2 is 1.29 bits per heavy atom. The quantitative estimate of drug-likeness (QED) is 0.157. The lowest BCUT2D eigenvalue weighted by molar-refractivity contribution is -0.117. The van der Waals surface area contributed by atoms with Crippen LogP contribution in [0.2, 0.25) is 0 Å². The Labute approximate surface area is 307 Å². The maximum Gasteiger partial charge on any atom is 0.241 e. The number of fused-ring (bicyclic) bond motifs is 2. The summed E-state index contributed by atoms with van der Waals surface area (Å²) in [6.07, 6.45) is 11.9. The van der Waals surface area contributed by atoms with E-state index in [0.29, 0.717) is 43.4 Å². The number of nitrogens with one attached hydrogen (secondary N) is 2. The van der Waals surface area contributed by atoms with Crippen LogP contribution in [0.1, 0.15) is 101 Å². The molecular weight excluding hydrogens is 718 g/mol. The number of rotatable bonds is 11. The lowest BCUT2D eigenvalue weighted by Gasteiger charge is -2.25. The van der Waals surface area contributed by atoms with Gasteiger partial charge in [-0.3, -0.25) is 4.79 Å². The second kappa shape index (κ2) is 17.0. The molecule has 5 heterocycles. The number of carbonyl (C=O) groups is 1. The van der Waals surface area contributed by atoms with Gasteiger partial charge >= 0.3 is 0 Å². The van der Waals surface area contributed by atoms with Crippen molar-refractivity contribution in [1.82, 2.24) is 29.2 Å². The molecule has 14 nitrogen and oxygen atoms in total. The summed E-state index contributed by atoms with van der Waals surface area (Å²) >= 11 is 3.61. The first-order chi connectivity index (χ1) is 24.6. The van der Waals surface area contributed by atoms with Crippen LogP contribution in [-0.4, -0.2) is 104 Å². The summed E-state index contributed by atoms with van der Waals surface area (Å²) in [7, 11) is 3.35. The first kappa shape index (κ1) is 37.4. The summed E-state index contributed by atoms with van der Waals surface area (Å²) in [4.78, 5) is 23.1. The van der Waals surface area contributed by atoms with Crippen LogP contribution in [0.4, 0.5) is 17.6 Å². The van der Waals surface area contributed by atoms with Crippen molar-refractivity contribution in [3.63, 3.8) is 0 Å². The molecule has 4 N–H and O–H groups in total. The number of hydrogen-bond donors (Lipinski definition) is 4. The number of carbonyl (C=O) groups excluding carboxylic acids is 1. The molecule has 0 bridgehead atoms. The minimum absolute atomic E-state index is 0.0888. The smallest absolute Gasteiger partial charge is 0.241 e. The monoisotopic (exact) mass is 769 g/mol. The highest BCUT2D eigenvalue weighted by Gasteiger charge is 2.30. The zero-order valence-electron chi connectivity index (χ0n) is 30.1. The Balaban J connectivity index is 0.000000179. The Morgan fingerprint density at radius 1 is 0.804 bits per heavy atom. The van der Waals surface area contributed by atoms with Crippen molar-refractivity contribution < 1.29 is 24.5 Å². The molecule has 51 heavy (non-hydrogen) atoms. The number of aliphatic hydroxyl groups excluding tert-OH is 2. The van der Waals surface area contributed by atoms with Gasteiger partial charge in [0.1, 0.15) is 5.52 Å². The second-order valence-electron chi connectivity index (χ2n) is 14.3. The largest absolute Gasteiger partial charge is 0.393 e. The van der Waals surface area contributed by atoms with Crippen LogP contribution in [0, 0.1) is 0 Å². The van der Waals surface area contributed by atoms with E-state index in [1.54, 1.807) is 20.4 Å². The van der Waals surface area contributed by atoms with Gasteiger partial charge in [0.15, 0.2) is 0 Å². The molecular formula is C36H52BrN9O5. The van der Waals surface area contributed by atoms with Gasteiger partial charge in [-0.15, -0.1) is 10.2 Å². The standard InChI is InChI=1S/C20H29N5O3.C16H23BrN4O2/c1-13(12-28-2)22-20-21-11-18-17(24-9-3-4-19(24)27)10-16(25(18)23-20)14-5-7-15(26)8-6-14;1-10(9-23-2)19-16-18-8-15-13(17)7-14(21(15)20-16)11-3-5-12(22)6-4-11/h10-11,13-15,26H,3-9,12H2,1-2H3,(H,22,23);7-8,10-12,22H,3-6,9H2,1-2H3,(H,19,20)/t13-,14?,15?;10-,11?,12?/m00/s1. The topological polar surface area (TPSA) is 164 Å². The lowest BCUT2D eigenvalue weighted by atomic mass is 9.85. The highest BCUT2D eigenvalue weighted by atomic mass is 79.9. The van der Waals surface area contributed by atoms with Crippen molar-refractivity contribution in [3.05, 3.63) is 40.4 Å². The van der Waals surface area contributed by atoms with Crippen LogP contribution in [0.3, 0.4) is 0 Å². The number of nitrogens with zero attached hydrogens (tertiary/aromatic N) is 7.